The molecule has 0 aliphatic rings. The van der Waals surface area contributed by atoms with E-state index in [4.69, 9.17) is 11.6 Å². The van der Waals surface area contributed by atoms with Gasteiger partial charge in [-0.05, 0) is 12.1 Å². The Morgan fingerprint density at radius 1 is 1.53 bits per heavy atom. The second kappa shape index (κ2) is 4.31. The van der Waals surface area contributed by atoms with Crippen LogP contribution < -0.4 is 5.32 Å². The molecule has 2 aromatic heterocycles. The highest BCUT2D eigenvalue weighted by Crippen LogP contribution is 2.08. The molecule has 78 valence electrons. The number of pyridine rings is 1. The van der Waals surface area contributed by atoms with Crippen molar-refractivity contribution in [2.75, 3.05) is 5.88 Å². The first kappa shape index (κ1) is 9.98. The molecule has 4 nitrogen and oxygen atoms in total. The van der Waals surface area contributed by atoms with Crippen LogP contribution in [0.4, 0.5) is 0 Å². The largest absolute Gasteiger partial charge is 0.351 e. The highest BCUT2D eigenvalue weighted by molar-refractivity contribution is 6.27. The lowest BCUT2D eigenvalue weighted by atomic mass is 10.2. The van der Waals surface area contributed by atoms with Gasteiger partial charge in [0.15, 0.2) is 0 Å². The van der Waals surface area contributed by atoms with Gasteiger partial charge in [-0.25, -0.2) is 4.52 Å². The second-order valence-electron chi connectivity index (χ2n) is 3.11. The Balaban J connectivity index is 2.18. The molecule has 0 saturated carbocycles. The maximum atomic E-state index is 11.0. The molecule has 0 fully saturated rings. The Morgan fingerprint density at radius 2 is 2.40 bits per heavy atom. The summed E-state index contributed by atoms with van der Waals surface area (Å²) in [6.07, 6.45) is 3.60. The fourth-order valence-corrected chi connectivity index (χ4v) is 1.46. The number of nitrogens with one attached hydrogen (secondary N) is 1. The van der Waals surface area contributed by atoms with Gasteiger partial charge < -0.3 is 5.32 Å². The molecule has 2 heterocycles. The van der Waals surface area contributed by atoms with E-state index in [0.29, 0.717) is 6.54 Å². The van der Waals surface area contributed by atoms with Gasteiger partial charge in [-0.2, -0.15) is 5.10 Å². The van der Waals surface area contributed by atoms with Gasteiger partial charge in [-0.15, -0.1) is 11.6 Å². The first-order valence-electron chi connectivity index (χ1n) is 4.55. The molecule has 5 heteroatoms. The predicted molar refractivity (Wildman–Crippen MR) is 57.8 cm³/mol. The van der Waals surface area contributed by atoms with Crippen molar-refractivity contribution in [2.45, 2.75) is 6.54 Å². The van der Waals surface area contributed by atoms with Crippen molar-refractivity contribution in [3.8, 4) is 0 Å². The molecule has 0 spiro atoms. The van der Waals surface area contributed by atoms with E-state index in [1.807, 2.05) is 24.4 Å². The molecule has 0 aromatic carbocycles. The number of fused-ring (bicyclic) bond motifs is 1. The van der Waals surface area contributed by atoms with Crippen LogP contribution in [-0.4, -0.2) is 21.4 Å². The lowest BCUT2D eigenvalue weighted by Gasteiger charge is -2.00. The number of hydrogen-bond donors (Lipinski definition) is 1. The fourth-order valence-electron chi connectivity index (χ4n) is 1.36. The van der Waals surface area contributed by atoms with Gasteiger partial charge in [0.1, 0.15) is 5.88 Å². The normalized spacial score (nSPS) is 10.5. The van der Waals surface area contributed by atoms with Crippen LogP contribution in [0.1, 0.15) is 5.56 Å². The zero-order valence-electron chi connectivity index (χ0n) is 7.98. The van der Waals surface area contributed by atoms with Gasteiger partial charge >= 0.3 is 0 Å². The molecule has 0 atom stereocenters. The quantitative estimate of drug-likeness (QED) is 0.795. The third kappa shape index (κ3) is 2.10. The lowest BCUT2D eigenvalue weighted by molar-refractivity contribution is -0.118. The molecule has 1 amide bonds. The summed E-state index contributed by atoms with van der Waals surface area (Å²) >= 11 is 5.38. The Hall–Kier alpha value is -1.55. The minimum atomic E-state index is -0.174. The van der Waals surface area contributed by atoms with E-state index in [1.165, 1.54) is 0 Å². The van der Waals surface area contributed by atoms with Crippen molar-refractivity contribution < 1.29 is 4.79 Å². The molecule has 0 aliphatic heterocycles. The number of aromatic nitrogens is 2. The first-order valence-corrected chi connectivity index (χ1v) is 5.08. The van der Waals surface area contributed by atoms with Crippen LogP contribution in [0.15, 0.2) is 30.6 Å². The summed E-state index contributed by atoms with van der Waals surface area (Å²) in [7, 11) is 0. The van der Waals surface area contributed by atoms with Crippen molar-refractivity contribution in [2.24, 2.45) is 0 Å². The summed E-state index contributed by atoms with van der Waals surface area (Å²) in [5.74, 6) is -0.189. The van der Waals surface area contributed by atoms with Crippen LogP contribution in [0.25, 0.3) is 5.52 Å². The van der Waals surface area contributed by atoms with Gasteiger partial charge in [0.05, 0.1) is 11.7 Å². The first-order chi connectivity index (χ1) is 7.31. The van der Waals surface area contributed by atoms with Crippen molar-refractivity contribution in [3.05, 3.63) is 36.2 Å². The molecule has 1 N–H and O–H groups in total. The summed E-state index contributed by atoms with van der Waals surface area (Å²) in [5, 5.41) is 6.86. The number of nitrogens with zero attached hydrogens (tertiary/aromatic N) is 2. The molecule has 2 aromatic rings. The maximum Gasteiger partial charge on any atom is 0.235 e. The summed E-state index contributed by atoms with van der Waals surface area (Å²) < 4.78 is 1.77. The Morgan fingerprint density at radius 3 is 3.20 bits per heavy atom. The van der Waals surface area contributed by atoms with Gasteiger partial charge in [0.2, 0.25) is 5.91 Å². The summed E-state index contributed by atoms with van der Waals surface area (Å²) in [5.41, 5.74) is 1.97. The molecular weight excluding hydrogens is 214 g/mol. The second-order valence-corrected chi connectivity index (χ2v) is 3.38. The molecule has 0 saturated heterocycles. The molecule has 0 bridgehead atoms. The SMILES string of the molecule is O=C(CCl)NCc1cnn2ccccc12. The van der Waals surface area contributed by atoms with Gasteiger partial charge in [0.25, 0.3) is 0 Å². The number of alkyl halides is 1. The highest BCUT2D eigenvalue weighted by atomic mass is 35.5. The average molecular weight is 224 g/mol. The van der Waals surface area contributed by atoms with Crippen molar-refractivity contribution in [1.82, 2.24) is 14.9 Å². The monoisotopic (exact) mass is 223 g/mol. The van der Waals surface area contributed by atoms with E-state index in [9.17, 15) is 4.79 Å². The van der Waals surface area contributed by atoms with E-state index in [-0.39, 0.29) is 11.8 Å². The topological polar surface area (TPSA) is 46.4 Å². The van der Waals surface area contributed by atoms with Crippen LogP contribution in [-0.2, 0) is 11.3 Å². The predicted octanol–water partition coefficient (Wildman–Crippen LogP) is 1.19. The molecule has 0 aliphatic carbocycles. The standard InChI is InChI=1S/C10H10ClN3O/c11-5-10(15)12-6-8-7-13-14-4-2-1-3-9(8)14/h1-4,7H,5-6H2,(H,12,15). The number of hydrogen-bond acceptors (Lipinski definition) is 2. The Kier molecular flexibility index (Phi) is 2.87. The Bertz CT molecular complexity index is 480. The zero-order valence-corrected chi connectivity index (χ0v) is 8.74. The van der Waals surface area contributed by atoms with E-state index in [0.717, 1.165) is 11.1 Å². The van der Waals surface area contributed by atoms with Crippen LogP contribution in [0.3, 0.4) is 0 Å². The summed E-state index contributed by atoms with van der Waals surface area (Å²) in [6.45, 7) is 0.457. The minimum absolute atomic E-state index is 0.0147. The van der Waals surface area contributed by atoms with Gasteiger partial charge in [-0.1, -0.05) is 6.07 Å². The zero-order chi connectivity index (χ0) is 10.7. The van der Waals surface area contributed by atoms with Gasteiger partial charge in [0, 0.05) is 18.3 Å². The highest BCUT2D eigenvalue weighted by Gasteiger charge is 2.04. The number of rotatable bonds is 3. The van der Waals surface area contributed by atoms with E-state index in [2.05, 4.69) is 10.4 Å². The fraction of sp³-hybridized carbons (Fsp3) is 0.200. The third-order valence-corrected chi connectivity index (χ3v) is 2.35. The van der Waals surface area contributed by atoms with Crippen LogP contribution in [0, 0.1) is 0 Å². The third-order valence-electron chi connectivity index (χ3n) is 2.10. The van der Waals surface area contributed by atoms with Crippen LogP contribution in [0.2, 0.25) is 0 Å². The average Bonchev–Trinajstić information content (AvgIpc) is 2.69. The maximum absolute atomic E-state index is 11.0. The van der Waals surface area contributed by atoms with E-state index in [1.54, 1.807) is 10.7 Å². The molecule has 15 heavy (non-hydrogen) atoms. The van der Waals surface area contributed by atoms with E-state index < -0.39 is 0 Å². The Labute approximate surface area is 91.8 Å². The molecular formula is C10H10ClN3O. The van der Waals surface area contributed by atoms with E-state index >= 15 is 0 Å². The van der Waals surface area contributed by atoms with Gasteiger partial charge in [-0.3, -0.25) is 4.79 Å². The summed E-state index contributed by atoms with van der Waals surface area (Å²) in [4.78, 5) is 11.0. The number of carbonyl (C=O) groups excluding carboxylic acids is 1. The van der Waals surface area contributed by atoms with Crippen molar-refractivity contribution in [3.63, 3.8) is 0 Å². The van der Waals surface area contributed by atoms with Crippen LogP contribution in [0.5, 0.6) is 0 Å². The van der Waals surface area contributed by atoms with Crippen molar-refractivity contribution >= 4 is 23.0 Å². The summed E-state index contributed by atoms with van der Waals surface area (Å²) in [6, 6.07) is 5.79. The number of amides is 1. The number of halogens is 1. The lowest BCUT2D eigenvalue weighted by Crippen LogP contribution is -2.23. The smallest absolute Gasteiger partial charge is 0.235 e. The molecule has 0 unspecified atom stereocenters. The molecule has 0 radical (unpaired) electrons. The molecule has 2 rings (SSSR count). The van der Waals surface area contributed by atoms with Crippen molar-refractivity contribution in [1.29, 1.82) is 0 Å². The van der Waals surface area contributed by atoms with Crippen LogP contribution >= 0.6 is 11.6 Å². The number of carbonyl (C=O) groups is 1. The minimum Gasteiger partial charge on any atom is -0.351 e.